The van der Waals surface area contributed by atoms with Gasteiger partial charge in [0.25, 0.3) is 0 Å². The standard InChI is InChI=1S/C20H19N5/c1-3-16-13-21-25(15(16)2)19-11-9-17(10-12-19)20-14-24(23-22-20)18-7-5-4-6-8-18/h4-14H,3H2,1-2H3. The zero-order chi connectivity index (χ0) is 17.2. The maximum Gasteiger partial charge on any atom is 0.113 e. The minimum Gasteiger partial charge on any atom is -0.238 e. The SMILES string of the molecule is CCc1cnn(-c2ccc(-c3cn(-c4ccccc4)nn3)cc2)c1C. The Hall–Kier alpha value is -3.21. The van der Waals surface area contributed by atoms with Gasteiger partial charge in [0.1, 0.15) is 5.69 Å². The Balaban J connectivity index is 1.62. The molecule has 0 N–H and O–H groups in total. The van der Waals surface area contributed by atoms with E-state index < -0.39 is 0 Å². The first-order valence-corrected chi connectivity index (χ1v) is 8.38. The normalized spacial score (nSPS) is 11.0. The molecule has 25 heavy (non-hydrogen) atoms. The Labute approximate surface area is 146 Å². The van der Waals surface area contributed by atoms with Crippen molar-refractivity contribution in [3.05, 3.63) is 78.2 Å². The van der Waals surface area contributed by atoms with Crippen LogP contribution in [0.4, 0.5) is 0 Å². The fraction of sp³-hybridized carbons (Fsp3) is 0.150. The number of hydrogen-bond acceptors (Lipinski definition) is 3. The smallest absolute Gasteiger partial charge is 0.113 e. The molecule has 124 valence electrons. The van der Waals surface area contributed by atoms with E-state index in [1.54, 1.807) is 4.68 Å². The highest BCUT2D eigenvalue weighted by Crippen LogP contribution is 2.21. The van der Waals surface area contributed by atoms with Crippen LogP contribution in [0.5, 0.6) is 0 Å². The molecule has 0 aliphatic carbocycles. The highest BCUT2D eigenvalue weighted by molar-refractivity contribution is 5.60. The van der Waals surface area contributed by atoms with Crippen LogP contribution in [0.3, 0.4) is 0 Å². The summed E-state index contributed by atoms with van der Waals surface area (Å²) in [6.45, 7) is 4.25. The van der Waals surface area contributed by atoms with E-state index in [1.165, 1.54) is 11.3 Å². The van der Waals surface area contributed by atoms with Crippen LogP contribution >= 0.6 is 0 Å². The molecular formula is C20H19N5. The second kappa shape index (κ2) is 6.36. The lowest BCUT2D eigenvalue weighted by Crippen LogP contribution is -1.99. The van der Waals surface area contributed by atoms with E-state index in [2.05, 4.69) is 53.5 Å². The molecule has 0 aliphatic rings. The van der Waals surface area contributed by atoms with Gasteiger partial charge >= 0.3 is 0 Å². The van der Waals surface area contributed by atoms with Crippen LogP contribution in [0.2, 0.25) is 0 Å². The van der Waals surface area contributed by atoms with E-state index in [-0.39, 0.29) is 0 Å². The molecule has 0 spiro atoms. The van der Waals surface area contributed by atoms with Gasteiger partial charge < -0.3 is 0 Å². The van der Waals surface area contributed by atoms with E-state index in [0.717, 1.165) is 29.1 Å². The fourth-order valence-corrected chi connectivity index (χ4v) is 2.93. The summed E-state index contributed by atoms with van der Waals surface area (Å²) in [5.41, 5.74) is 6.39. The molecular weight excluding hydrogens is 310 g/mol. The summed E-state index contributed by atoms with van der Waals surface area (Å²) in [6.07, 6.45) is 4.87. The van der Waals surface area contributed by atoms with E-state index in [4.69, 9.17) is 0 Å². The average Bonchev–Trinajstić information content (AvgIpc) is 3.29. The summed E-state index contributed by atoms with van der Waals surface area (Å²) in [7, 11) is 0. The summed E-state index contributed by atoms with van der Waals surface area (Å²) >= 11 is 0. The molecule has 5 heteroatoms. The highest BCUT2D eigenvalue weighted by Gasteiger charge is 2.09. The van der Waals surface area contributed by atoms with Crippen LogP contribution in [-0.2, 0) is 6.42 Å². The molecule has 2 aromatic carbocycles. The first-order chi connectivity index (χ1) is 12.3. The van der Waals surface area contributed by atoms with Crippen molar-refractivity contribution in [2.24, 2.45) is 0 Å². The molecule has 0 atom stereocenters. The Morgan fingerprint density at radius 3 is 2.36 bits per heavy atom. The molecule has 5 nitrogen and oxygen atoms in total. The highest BCUT2D eigenvalue weighted by atomic mass is 15.4. The third-order valence-electron chi connectivity index (χ3n) is 4.41. The van der Waals surface area contributed by atoms with Gasteiger partial charge in [0.15, 0.2) is 0 Å². The van der Waals surface area contributed by atoms with Crippen LogP contribution in [0, 0.1) is 6.92 Å². The number of hydrogen-bond donors (Lipinski definition) is 0. The lowest BCUT2D eigenvalue weighted by molar-refractivity contribution is 0.804. The second-order valence-corrected chi connectivity index (χ2v) is 5.95. The van der Waals surface area contributed by atoms with Crippen LogP contribution in [0.15, 0.2) is 67.0 Å². The van der Waals surface area contributed by atoms with Gasteiger partial charge in [-0.25, -0.2) is 9.36 Å². The van der Waals surface area contributed by atoms with Crippen molar-refractivity contribution in [3.63, 3.8) is 0 Å². The lowest BCUT2D eigenvalue weighted by atomic mass is 10.1. The quantitative estimate of drug-likeness (QED) is 0.569. The molecule has 0 saturated heterocycles. The van der Waals surface area contributed by atoms with E-state index in [0.29, 0.717) is 0 Å². The van der Waals surface area contributed by atoms with Gasteiger partial charge in [0.05, 0.1) is 23.8 Å². The van der Waals surface area contributed by atoms with Crippen molar-refractivity contribution < 1.29 is 0 Å². The molecule has 0 saturated carbocycles. The predicted octanol–water partition coefficient (Wildman–Crippen LogP) is 3.99. The van der Waals surface area contributed by atoms with Crippen LogP contribution in [0.25, 0.3) is 22.6 Å². The van der Waals surface area contributed by atoms with Crippen molar-refractivity contribution in [2.45, 2.75) is 20.3 Å². The van der Waals surface area contributed by atoms with Gasteiger partial charge in [-0.05, 0) is 43.2 Å². The summed E-state index contributed by atoms with van der Waals surface area (Å²) in [5.74, 6) is 0. The number of aryl methyl sites for hydroxylation is 1. The average molecular weight is 329 g/mol. The van der Waals surface area contributed by atoms with Crippen molar-refractivity contribution in [2.75, 3.05) is 0 Å². The Kier molecular flexibility index (Phi) is 3.90. The molecule has 0 radical (unpaired) electrons. The van der Waals surface area contributed by atoms with Gasteiger partial charge in [-0.1, -0.05) is 42.5 Å². The largest absolute Gasteiger partial charge is 0.238 e. The summed E-state index contributed by atoms with van der Waals surface area (Å²) in [4.78, 5) is 0. The van der Waals surface area contributed by atoms with Crippen molar-refractivity contribution in [1.82, 2.24) is 24.8 Å². The molecule has 0 bridgehead atoms. The second-order valence-electron chi connectivity index (χ2n) is 5.95. The number of para-hydroxylation sites is 1. The molecule has 0 fully saturated rings. The van der Waals surface area contributed by atoms with Crippen molar-refractivity contribution >= 4 is 0 Å². The molecule has 2 heterocycles. The summed E-state index contributed by atoms with van der Waals surface area (Å²) in [6, 6.07) is 18.2. The topological polar surface area (TPSA) is 48.5 Å². The molecule has 4 aromatic rings. The van der Waals surface area contributed by atoms with E-state index in [9.17, 15) is 0 Å². The number of aromatic nitrogens is 5. The zero-order valence-corrected chi connectivity index (χ0v) is 14.3. The Morgan fingerprint density at radius 2 is 1.68 bits per heavy atom. The fourth-order valence-electron chi connectivity index (χ4n) is 2.93. The van der Waals surface area contributed by atoms with Gasteiger partial charge in [-0.2, -0.15) is 5.10 Å². The van der Waals surface area contributed by atoms with Crippen LogP contribution in [0.1, 0.15) is 18.2 Å². The number of nitrogens with zero attached hydrogens (tertiary/aromatic N) is 5. The Morgan fingerprint density at radius 1 is 0.920 bits per heavy atom. The first kappa shape index (κ1) is 15.3. The first-order valence-electron chi connectivity index (χ1n) is 8.38. The maximum absolute atomic E-state index is 4.49. The van der Waals surface area contributed by atoms with E-state index >= 15 is 0 Å². The van der Waals surface area contributed by atoms with Gasteiger partial charge in [-0.3, -0.25) is 0 Å². The molecule has 2 aromatic heterocycles. The minimum absolute atomic E-state index is 0.849. The zero-order valence-electron chi connectivity index (χ0n) is 14.3. The number of rotatable bonds is 4. The summed E-state index contributed by atoms with van der Waals surface area (Å²) in [5, 5.41) is 13.0. The van der Waals surface area contributed by atoms with Gasteiger partial charge in [0.2, 0.25) is 0 Å². The van der Waals surface area contributed by atoms with Crippen molar-refractivity contribution in [3.8, 4) is 22.6 Å². The van der Waals surface area contributed by atoms with Gasteiger partial charge in [0, 0.05) is 11.3 Å². The van der Waals surface area contributed by atoms with Crippen LogP contribution in [-0.4, -0.2) is 24.8 Å². The third-order valence-corrected chi connectivity index (χ3v) is 4.41. The molecule has 0 aliphatic heterocycles. The number of benzene rings is 2. The monoisotopic (exact) mass is 329 g/mol. The predicted molar refractivity (Wildman–Crippen MR) is 98.0 cm³/mol. The third kappa shape index (κ3) is 2.85. The van der Waals surface area contributed by atoms with Gasteiger partial charge in [-0.15, -0.1) is 5.10 Å². The molecule has 0 unspecified atom stereocenters. The molecule has 4 rings (SSSR count). The summed E-state index contributed by atoms with van der Waals surface area (Å²) < 4.78 is 3.76. The Bertz CT molecular complexity index is 981. The van der Waals surface area contributed by atoms with E-state index in [1.807, 2.05) is 47.4 Å². The maximum atomic E-state index is 4.49. The van der Waals surface area contributed by atoms with Crippen LogP contribution < -0.4 is 0 Å². The minimum atomic E-state index is 0.849. The molecule has 0 amide bonds. The lowest BCUT2D eigenvalue weighted by Gasteiger charge is -2.06. The van der Waals surface area contributed by atoms with Crippen molar-refractivity contribution in [1.29, 1.82) is 0 Å².